The fraction of sp³-hybridized carbons (Fsp3) is 0.391. The van der Waals surface area contributed by atoms with Crippen molar-refractivity contribution in [3.63, 3.8) is 0 Å². The lowest BCUT2D eigenvalue weighted by Crippen LogP contribution is -2.44. The van der Waals surface area contributed by atoms with E-state index in [0.29, 0.717) is 24.7 Å². The molecule has 6 heteroatoms. The molecule has 0 aliphatic carbocycles. The average Bonchev–Trinajstić information content (AvgIpc) is 3.24. The maximum Gasteiger partial charge on any atom is 0.251 e. The first-order valence-corrected chi connectivity index (χ1v) is 10.3. The number of guanidine groups is 1. The Morgan fingerprint density at radius 1 is 1.14 bits per heavy atom. The fourth-order valence-electron chi connectivity index (χ4n) is 3.49. The first-order valence-electron chi connectivity index (χ1n) is 10.3. The molecule has 0 spiro atoms. The van der Waals surface area contributed by atoms with Crippen molar-refractivity contribution in [1.82, 2.24) is 16.0 Å². The van der Waals surface area contributed by atoms with Crippen molar-refractivity contribution in [3.8, 4) is 0 Å². The summed E-state index contributed by atoms with van der Waals surface area (Å²) in [6.07, 6.45) is 2.00. The number of nitrogens with one attached hydrogen (secondary N) is 3. The van der Waals surface area contributed by atoms with Gasteiger partial charge in [0.05, 0.1) is 0 Å². The van der Waals surface area contributed by atoms with Gasteiger partial charge in [-0.2, -0.15) is 0 Å². The monoisotopic (exact) mass is 393 g/mol. The highest BCUT2D eigenvalue weighted by molar-refractivity contribution is 5.94. The van der Waals surface area contributed by atoms with Gasteiger partial charge in [-0.05, 0) is 42.7 Å². The molecular formula is C23H31N5O. The lowest BCUT2D eigenvalue weighted by atomic mass is 10.1. The maximum atomic E-state index is 12.2. The van der Waals surface area contributed by atoms with Gasteiger partial charge in [-0.3, -0.25) is 9.79 Å². The van der Waals surface area contributed by atoms with Crippen LogP contribution in [0.1, 0.15) is 35.7 Å². The van der Waals surface area contributed by atoms with Crippen molar-refractivity contribution >= 4 is 17.6 Å². The molecule has 1 atom stereocenters. The highest BCUT2D eigenvalue weighted by atomic mass is 16.1. The number of hydrogen-bond acceptors (Lipinski definition) is 3. The zero-order valence-corrected chi connectivity index (χ0v) is 17.3. The minimum atomic E-state index is -0.0248. The summed E-state index contributed by atoms with van der Waals surface area (Å²) in [7, 11) is 1.79. The topological polar surface area (TPSA) is 68.8 Å². The molecule has 0 radical (unpaired) electrons. The number of nitrogens with zero attached hydrogens (tertiary/aromatic N) is 2. The van der Waals surface area contributed by atoms with Crippen LogP contribution in [0.25, 0.3) is 0 Å². The van der Waals surface area contributed by atoms with Gasteiger partial charge in [0, 0.05) is 50.5 Å². The summed E-state index contributed by atoms with van der Waals surface area (Å²) in [5.41, 5.74) is 3.00. The van der Waals surface area contributed by atoms with Crippen LogP contribution >= 0.6 is 0 Å². The minimum absolute atomic E-state index is 0.0248. The Balaban J connectivity index is 1.50. The van der Waals surface area contributed by atoms with Crippen molar-refractivity contribution in [2.75, 3.05) is 31.6 Å². The number of para-hydroxylation sites is 1. The molecule has 1 aliphatic heterocycles. The third kappa shape index (κ3) is 5.98. The van der Waals surface area contributed by atoms with Crippen molar-refractivity contribution in [2.45, 2.75) is 32.4 Å². The van der Waals surface area contributed by atoms with E-state index in [4.69, 9.17) is 0 Å². The van der Waals surface area contributed by atoms with E-state index in [-0.39, 0.29) is 5.91 Å². The molecule has 1 fully saturated rings. The summed E-state index contributed by atoms with van der Waals surface area (Å²) in [4.78, 5) is 18.9. The molecule has 0 aromatic heterocycles. The van der Waals surface area contributed by atoms with Crippen LogP contribution < -0.4 is 20.9 Å². The molecule has 2 aromatic carbocycles. The highest BCUT2D eigenvalue weighted by Crippen LogP contribution is 2.19. The van der Waals surface area contributed by atoms with Crippen LogP contribution in [-0.4, -0.2) is 44.6 Å². The van der Waals surface area contributed by atoms with E-state index >= 15 is 0 Å². The smallest absolute Gasteiger partial charge is 0.251 e. The SMILES string of the molecule is CCCNC(=O)c1cccc(CNC(=NC)NC2CCN(c3ccccc3)C2)c1. The molecule has 0 bridgehead atoms. The third-order valence-electron chi connectivity index (χ3n) is 5.06. The molecule has 6 nitrogen and oxygen atoms in total. The number of carbonyl (C=O) groups excluding carboxylic acids is 1. The summed E-state index contributed by atoms with van der Waals surface area (Å²) in [5, 5.41) is 9.80. The van der Waals surface area contributed by atoms with Gasteiger partial charge in [0.1, 0.15) is 0 Å². The first kappa shape index (κ1) is 20.7. The van der Waals surface area contributed by atoms with Gasteiger partial charge in [0.15, 0.2) is 5.96 Å². The summed E-state index contributed by atoms with van der Waals surface area (Å²) < 4.78 is 0. The predicted molar refractivity (Wildman–Crippen MR) is 119 cm³/mol. The molecule has 29 heavy (non-hydrogen) atoms. The molecule has 2 aromatic rings. The molecule has 1 heterocycles. The van der Waals surface area contributed by atoms with Crippen molar-refractivity contribution < 1.29 is 4.79 Å². The molecule has 0 saturated carbocycles. The van der Waals surface area contributed by atoms with Crippen LogP contribution in [0.3, 0.4) is 0 Å². The van der Waals surface area contributed by atoms with Crippen LogP contribution in [0.5, 0.6) is 0 Å². The van der Waals surface area contributed by atoms with Crippen LogP contribution in [0.2, 0.25) is 0 Å². The van der Waals surface area contributed by atoms with Crippen molar-refractivity contribution in [3.05, 3.63) is 65.7 Å². The Labute approximate surface area is 173 Å². The Morgan fingerprint density at radius 2 is 1.97 bits per heavy atom. The molecule has 1 unspecified atom stereocenters. The van der Waals surface area contributed by atoms with Gasteiger partial charge in [-0.25, -0.2) is 0 Å². The molecule has 1 saturated heterocycles. The molecule has 1 aliphatic rings. The lowest BCUT2D eigenvalue weighted by Gasteiger charge is -2.20. The Morgan fingerprint density at radius 3 is 2.72 bits per heavy atom. The lowest BCUT2D eigenvalue weighted by molar-refractivity contribution is 0.0953. The number of hydrogen-bond donors (Lipinski definition) is 3. The molecule has 1 amide bonds. The van der Waals surface area contributed by atoms with Gasteiger partial charge < -0.3 is 20.9 Å². The number of rotatable bonds is 7. The standard InChI is InChI=1S/C23H31N5O/c1-3-13-25-22(29)19-9-7-8-18(15-19)16-26-23(24-2)27-20-12-14-28(17-20)21-10-5-4-6-11-21/h4-11,15,20H,3,12-14,16-17H2,1-2H3,(H,25,29)(H2,24,26,27). The second kappa shape index (κ2) is 10.5. The van der Waals surface area contributed by atoms with E-state index in [0.717, 1.165) is 37.5 Å². The summed E-state index contributed by atoms with van der Waals surface area (Å²) in [6, 6.07) is 18.6. The zero-order valence-electron chi connectivity index (χ0n) is 17.3. The molecular weight excluding hydrogens is 362 g/mol. The van der Waals surface area contributed by atoms with Crippen LogP contribution in [0, 0.1) is 0 Å². The zero-order chi connectivity index (χ0) is 20.5. The summed E-state index contributed by atoms with van der Waals surface area (Å²) in [6.45, 7) is 5.34. The Bertz CT molecular complexity index is 821. The number of carbonyl (C=O) groups is 1. The van der Waals surface area contributed by atoms with Gasteiger partial charge in [0.2, 0.25) is 0 Å². The fourth-order valence-corrected chi connectivity index (χ4v) is 3.49. The maximum absolute atomic E-state index is 12.2. The van der Waals surface area contributed by atoms with E-state index < -0.39 is 0 Å². The largest absolute Gasteiger partial charge is 0.369 e. The van der Waals surface area contributed by atoms with Crippen molar-refractivity contribution in [2.24, 2.45) is 4.99 Å². The number of aliphatic imine (C=N–C) groups is 1. The van der Waals surface area contributed by atoms with Gasteiger partial charge >= 0.3 is 0 Å². The van der Waals surface area contributed by atoms with E-state index in [9.17, 15) is 4.79 Å². The second-order valence-corrected chi connectivity index (χ2v) is 7.29. The van der Waals surface area contributed by atoms with E-state index in [1.165, 1.54) is 5.69 Å². The van der Waals surface area contributed by atoms with Gasteiger partial charge in [-0.1, -0.05) is 37.3 Å². The summed E-state index contributed by atoms with van der Waals surface area (Å²) in [5.74, 6) is 0.758. The molecule has 154 valence electrons. The van der Waals surface area contributed by atoms with Crippen LogP contribution in [0.15, 0.2) is 59.6 Å². The van der Waals surface area contributed by atoms with Crippen LogP contribution in [0.4, 0.5) is 5.69 Å². The van der Waals surface area contributed by atoms with E-state index in [2.05, 4.69) is 50.1 Å². The number of amides is 1. The Hall–Kier alpha value is -3.02. The quantitative estimate of drug-likeness (QED) is 0.500. The third-order valence-corrected chi connectivity index (χ3v) is 5.06. The average molecular weight is 394 g/mol. The van der Waals surface area contributed by atoms with Gasteiger partial charge in [0.25, 0.3) is 5.91 Å². The second-order valence-electron chi connectivity index (χ2n) is 7.29. The van der Waals surface area contributed by atoms with E-state index in [1.807, 2.05) is 37.3 Å². The molecule has 3 rings (SSSR count). The van der Waals surface area contributed by atoms with Crippen LogP contribution in [-0.2, 0) is 6.54 Å². The number of benzene rings is 2. The normalized spacial score (nSPS) is 16.6. The number of anilines is 1. The predicted octanol–water partition coefficient (Wildman–Crippen LogP) is 2.77. The Kier molecular flexibility index (Phi) is 7.50. The van der Waals surface area contributed by atoms with Gasteiger partial charge in [-0.15, -0.1) is 0 Å². The highest BCUT2D eigenvalue weighted by Gasteiger charge is 2.23. The molecule has 3 N–H and O–H groups in total. The first-order chi connectivity index (χ1) is 14.2. The van der Waals surface area contributed by atoms with E-state index in [1.54, 1.807) is 7.05 Å². The summed E-state index contributed by atoms with van der Waals surface area (Å²) >= 11 is 0. The minimum Gasteiger partial charge on any atom is -0.369 e. The van der Waals surface area contributed by atoms with Crippen molar-refractivity contribution in [1.29, 1.82) is 0 Å².